The van der Waals surface area contributed by atoms with Crippen LogP contribution < -0.4 is 0 Å². The Bertz CT molecular complexity index is 797. The highest BCUT2D eigenvalue weighted by molar-refractivity contribution is 7.53. The van der Waals surface area contributed by atoms with Crippen LogP contribution in [-0.4, -0.2) is 34.5 Å². The van der Waals surface area contributed by atoms with E-state index >= 15 is 0 Å². The summed E-state index contributed by atoms with van der Waals surface area (Å²) in [6, 6.07) is 17.6. The molecule has 2 aromatic rings. The first-order chi connectivity index (χ1) is 13.8. The fourth-order valence-corrected chi connectivity index (χ4v) is 4.33. The molecule has 29 heavy (non-hydrogen) atoms. The Morgan fingerprint density at radius 3 is 1.69 bits per heavy atom. The molecule has 0 amide bonds. The van der Waals surface area contributed by atoms with E-state index < -0.39 is 44.2 Å². The van der Waals surface area contributed by atoms with Crippen molar-refractivity contribution in [2.45, 2.75) is 25.8 Å². The standard InChI is InChI=1S/C20H22FO7P/c21-18(20(24)25)11-17(19(22)23)14-29(26,27-12-15-7-3-1-4-8-15)28-13-16-9-5-2-6-10-16/h1-10,17-18H,11-14H2,(H,22,23)(H,24,25). The number of rotatable bonds is 12. The zero-order chi connectivity index (χ0) is 21.3. The Labute approximate surface area is 167 Å². The van der Waals surface area contributed by atoms with Gasteiger partial charge in [-0.3, -0.25) is 9.36 Å². The van der Waals surface area contributed by atoms with E-state index in [4.69, 9.17) is 14.2 Å². The van der Waals surface area contributed by atoms with Crippen molar-refractivity contribution in [1.29, 1.82) is 0 Å². The summed E-state index contributed by atoms with van der Waals surface area (Å²) in [6.45, 7) is -0.200. The van der Waals surface area contributed by atoms with Crippen LogP contribution in [0.15, 0.2) is 60.7 Å². The molecular weight excluding hydrogens is 402 g/mol. The monoisotopic (exact) mass is 424 g/mol. The summed E-state index contributed by atoms with van der Waals surface area (Å²) in [7, 11) is -3.99. The molecule has 0 fully saturated rings. The van der Waals surface area contributed by atoms with Crippen molar-refractivity contribution in [1.82, 2.24) is 0 Å². The normalized spacial score (nSPS) is 13.6. The Hall–Kier alpha value is -2.54. The van der Waals surface area contributed by atoms with Crippen LogP contribution in [0, 0.1) is 5.92 Å². The second-order valence-corrected chi connectivity index (χ2v) is 8.49. The van der Waals surface area contributed by atoms with E-state index in [0.29, 0.717) is 11.1 Å². The van der Waals surface area contributed by atoms with Crippen LogP contribution in [0.25, 0.3) is 0 Å². The first-order valence-corrected chi connectivity index (χ1v) is 10.6. The van der Waals surface area contributed by atoms with Crippen LogP contribution in [0.5, 0.6) is 0 Å². The Morgan fingerprint density at radius 2 is 1.31 bits per heavy atom. The third kappa shape index (κ3) is 7.77. The van der Waals surface area contributed by atoms with Crippen molar-refractivity contribution in [2.24, 2.45) is 5.92 Å². The minimum atomic E-state index is -3.99. The topological polar surface area (TPSA) is 110 Å². The summed E-state index contributed by atoms with van der Waals surface area (Å²) < 4.78 is 37.7. The van der Waals surface area contributed by atoms with Gasteiger partial charge in [0, 0.05) is 6.42 Å². The van der Waals surface area contributed by atoms with Gasteiger partial charge in [-0.25, -0.2) is 9.18 Å². The summed E-state index contributed by atoms with van der Waals surface area (Å²) in [5.41, 5.74) is 1.38. The van der Waals surface area contributed by atoms with Gasteiger partial charge >= 0.3 is 19.5 Å². The van der Waals surface area contributed by atoms with E-state index in [1.807, 2.05) is 0 Å². The van der Waals surface area contributed by atoms with Gasteiger partial charge in [-0.05, 0) is 11.1 Å². The molecule has 9 heteroatoms. The molecule has 0 bridgehead atoms. The summed E-state index contributed by atoms with van der Waals surface area (Å²) in [5, 5.41) is 18.1. The number of carboxylic acid groups (broad SMARTS) is 2. The first kappa shape index (κ1) is 22.7. The second kappa shape index (κ2) is 10.9. The molecule has 0 radical (unpaired) electrons. The lowest BCUT2D eigenvalue weighted by atomic mass is 10.1. The van der Waals surface area contributed by atoms with Gasteiger partial charge in [0.05, 0.1) is 25.3 Å². The molecule has 0 aliphatic rings. The van der Waals surface area contributed by atoms with Crippen LogP contribution in [0.4, 0.5) is 4.39 Å². The number of alkyl halides is 1. The molecule has 2 unspecified atom stereocenters. The van der Waals surface area contributed by atoms with Gasteiger partial charge in [0.25, 0.3) is 0 Å². The molecule has 0 saturated heterocycles. The quantitative estimate of drug-likeness (QED) is 0.493. The molecule has 156 valence electrons. The van der Waals surface area contributed by atoms with Crippen molar-refractivity contribution < 1.29 is 37.8 Å². The SMILES string of the molecule is O=C(O)C(F)CC(CP(=O)(OCc1ccccc1)OCc1ccccc1)C(=O)O. The van der Waals surface area contributed by atoms with Gasteiger partial charge < -0.3 is 19.3 Å². The fraction of sp³-hybridized carbons (Fsp3) is 0.300. The maximum Gasteiger partial charge on any atom is 0.338 e. The average molecular weight is 424 g/mol. The maximum atomic E-state index is 13.6. The van der Waals surface area contributed by atoms with Gasteiger partial charge in [0.2, 0.25) is 0 Å². The lowest BCUT2D eigenvalue weighted by molar-refractivity contribution is -0.146. The van der Waals surface area contributed by atoms with E-state index in [-0.39, 0.29) is 13.2 Å². The zero-order valence-corrected chi connectivity index (χ0v) is 16.4. The molecule has 2 atom stereocenters. The maximum absolute atomic E-state index is 13.6. The summed E-state index contributed by atoms with van der Waals surface area (Å²) >= 11 is 0. The molecule has 0 aromatic heterocycles. The number of hydrogen-bond acceptors (Lipinski definition) is 5. The van der Waals surface area contributed by atoms with Crippen molar-refractivity contribution >= 4 is 19.5 Å². The molecule has 0 spiro atoms. The highest BCUT2D eigenvalue weighted by atomic mass is 31.2. The lowest BCUT2D eigenvalue weighted by Gasteiger charge is -2.22. The number of hydrogen-bond donors (Lipinski definition) is 2. The predicted octanol–water partition coefficient (Wildman–Crippen LogP) is 4.13. The molecule has 0 aliphatic heterocycles. The van der Waals surface area contributed by atoms with Crippen LogP contribution in [0.3, 0.4) is 0 Å². The molecule has 0 heterocycles. The van der Waals surface area contributed by atoms with E-state index in [1.54, 1.807) is 60.7 Å². The Balaban J connectivity index is 2.15. The van der Waals surface area contributed by atoms with Gasteiger partial charge in [-0.1, -0.05) is 60.7 Å². The zero-order valence-electron chi connectivity index (χ0n) is 15.5. The number of benzene rings is 2. The first-order valence-electron chi connectivity index (χ1n) is 8.85. The highest BCUT2D eigenvalue weighted by Gasteiger charge is 2.36. The molecular formula is C20H22FO7P. The van der Waals surface area contributed by atoms with Crippen molar-refractivity contribution in [3.63, 3.8) is 0 Å². The van der Waals surface area contributed by atoms with Crippen LogP contribution in [0.2, 0.25) is 0 Å². The predicted molar refractivity (Wildman–Crippen MR) is 103 cm³/mol. The van der Waals surface area contributed by atoms with E-state index in [9.17, 15) is 23.7 Å². The summed E-state index contributed by atoms with van der Waals surface area (Å²) in [6.07, 6.45) is -3.87. The lowest BCUT2D eigenvalue weighted by Crippen LogP contribution is -2.27. The second-order valence-electron chi connectivity index (χ2n) is 6.39. The average Bonchev–Trinajstić information content (AvgIpc) is 2.72. The van der Waals surface area contributed by atoms with Crippen molar-refractivity contribution in [3.05, 3.63) is 71.8 Å². The largest absolute Gasteiger partial charge is 0.481 e. The van der Waals surface area contributed by atoms with E-state index in [0.717, 1.165) is 0 Å². The van der Waals surface area contributed by atoms with Gasteiger partial charge in [0.15, 0.2) is 6.17 Å². The van der Waals surface area contributed by atoms with Crippen LogP contribution in [0.1, 0.15) is 17.5 Å². The van der Waals surface area contributed by atoms with Crippen LogP contribution >= 0.6 is 7.60 Å². The van der Waals surface area contributed by atoms with Gasteiger partial charge in [-0.15, -0.1) is 0 Å². The minimum Gasteiger partial charge on any atom is -0.481 e. The summed E-state index contributed by atoms with van der Waals surface area (Å²) in [4.78, 5) is 22.2. The van der Waals surface area contributed by atoms with E-state index in [1.165, 1.54) is 0 Å². The summed E-state index contributed by atoms with van der Waals surface area (Å²) in [5.74, 6) is -4.79. The molecule has 2 N–H and O–H groups in total. The molecule has 2 aromatic carbocycles. The minimum absolute atomic E-state index is 0.1000. The Morgan fingerprint density at radius 1 is 0.862 bits per heavy atom. The highest BCUT2D eigenvalue weighted by Crippen LogP contribution is 2.52. The number of carbonyl (C=O) groups is 2. The number of halogens is 1. The fourth-order valence-electron chi connectivity index (χ4n) is 2.51. The molecule has 2 rings (SSSR count). The third-order valence-corrected chi connectivity index (χ3v) is 6.03. The van der Waals surface area contributed by atoms with Crippen molar-refractivity contribution in [2.75, 3.05) is 6.16 Å². The molecule has 7 nitrogen and oxygen atoms in total. The van der Waals surface area contributed by atoms with Crippen molar-refractivity contribution in [3.8, 4) is 0 Å². The van der Waals surface area contributed by atoms with Gasteiger partial charge in [0.1, 0.15) is 0 Å². The molecule has 0 aliphatic carbocycles. The molecule has 0 saturated carbocycles. The van der Waals surface area contributed by atoms with E-state index in [2.05, 4.69) is 0 Å². The van der Waals surface area contributed by atoms with Crippen LogP contribution in [-0.2, 0) is 36.4 Å². The number of aliphatic carboxylic acids is 2. The Kier molecular flexibility index (Phi) is 8.51. The number of carboxylic acids is 2. The van der Waals surface area contributed by atoms with Gasteiger partial charge in [-0.2, -0.15) is 0 Å². The smallest absolute Gasteiger partial charge is 0.338 e. The third-order valence-electron chi connectivity index (χ3n) is 4.09.